The molecule has 1 fully saturated rings. The van der Waals surface area contributed by atoms with E-state index < -0.39 is 0 Å². The van der Waals surface area contributed by atoms with E-state index in [1.165, 1.54) is 12.8 Å². The monoisotopic (exact) mass is 320 g/mol. The molecule has 7 nitrogen and oxygen atoms in total. The lowest BCUT2D eigenvalue weighted by molar-refractivity contribution is -0.117. The molecule has 0 radical (unpaired) electrons. The number of nitrogens with one attached hydrogen (secondary N) is 1. The largest absolute Gasteiger partial charge is 0.338 e. The van der Waals surface area contributed by atoms with E-state index in [0.29, 0.717) is 18.3 Å². The summed E-state index contributed by atoms with van der Waals surface area (Å²) in [6.45, 7) is 0. The highest BCUT2D eigenvalue weighted by Gasteiger charge is 2.27. The van der Waals surface area contributed by atoms with Gasteiger partial charge in [0.1, 0.15) is 6.33 Å². The van der Waals surface area contributed by atoms with Crippen molar-refractivity contribution in [2.45, 2.75) is 25.3 Å². The van der Waals surface area contributed by atoms with Crippen LogP contribution in [0, 0.1) is 0 Å². The number of hydrogen-bond donors (Lipinski definition) is 1. The van der Waals surface area contributed by atoms with Gasteiger partial charge in [-0.3, -0.25) is 4.79 Å². The van der Waals surface area contributed by atoms with Crippen molar-refractivity contribution in [3.8, 4) is 0 Å². The second-order valence-electron chi connectivity index (χ2n) is 6.38. The first-order valence-electron chi connectivity index (χ1n) is 8.05. The molecular weight excluding hydrogens is 304 g/mol. The topological polar surface area (TPSA) is 75.9 Å². The molecule has 24 heavy (non-hydrogen) atoms. The number of anilines is 3. The van der Waals surface area contributed by atoms with Gasteiger partial charge in [0.05, 0.1) is 12.7 Å². The fourth-order valence-electron chi connectivity index (χ4n) is 3.25. The lowest BCUT2D eigenvalue weighted by atomic mass is 10.1. The molecule has 1 aliphatic heterocycles. The van der Waals surface area contributed by atoms with Gasteiger partial charge in [-0.2, -0.15) is 0 Å². The molecule has 1 amide bonds. The lowest BCUT2D eigenvalue weighted by Crippen LogP contribution is -2.20. The number of benzene rings is 1. The Kier molecular flexibility index (Phi) is 2.68. The zero-order valence-corrected chi connectivity index (χ0v) is 13.2. The molecular formula is C17H16N6O. The lowest BCUT2D eigenvalue weighted by Gasteiger charge is -2.11. The summed E-state index contributed by atoms with van der Waals surface area (Å²) in [7, 11) is 1.81. The molecule has 1 saturated carbocycles. The molecule has 7 heteroatoms. The smallest absolute Gasteiger partial charge is 0.231 e. The number of aromatic nitrogens is 4. The summed E-state index contributed by atoms with van der Waals surface area (Å²) in [6.07, 6.45) is 6.22. The molecule has 0 spiro atoms. The number of carbonyl (C=O) groups is 1. The van der Waals surface area contributed by atoms with E-state index >= 15 is 0 Å². The average Bonchev–Trinajstić information content (AvgIpc) is 3.27. The maximum Gasteiger partial charge on any atom is 0.231 e. The van der Waals surface area contributed by atoms with Crippen molar-refractivity contribution in [3.05, 3.63) is 36.4 Å². The van der Waals surface area contributed by atoms with Crippen molar-refractivity contribution in [2.75, 3.05) is 17.3 Å². The summed E-state index contributed by atoms with van der Waals surface area (Å²) in [5.41, 5.74) is 4.54. The fraction of sp³-hybridized carbons (Fsp3) is 0.294. The maximum atomic E-state index is 11.8. The van der Waals surface area contributed by atoms with Crippen LogP contribution in [0.25, 0.3) is 11.2 Å². The van der Waals surface area contributed by atoms with Crippen molar-refractivity contribution < 1.29 is 4.79 Å². The molecule has 5 rings (SSSR count). The van der Waals surface area contributed by atoms with Crippen LogP contribution in [0.1, 0.15) is 24.4 Å². The standard InChI is InChI=1S/C17H16N6O/c1-22-13-5-2-11(6-10(13)7-14(22)24)21-16-15-17(19-8-18-16)23(9-20-15)12-3-4-12/h2,5-6,8-9,12H,3-4,7H2,1H3,(H,18,19,21). The molecule has 3 heterocycles. The molecule has 1 aromatic carbocycles. The third-order valence-corrected chi connectivity index (χ3v) is 4.72. The molecule has 1 aliphatic carbocycles. The van der Waals surface area contributed by atoms with Crippen LogP contribution in [0.5, 0.6) is 0 Å². The van der Waals surface area contributed by atoms with Gasteiger partial charge in [0, 0.05) is 24.5 Å². The number of carbonyl (C=O) groups excluding carboxylic acids is 1. The highest BCUT2D eigenvalue weighted by molar-refractivity contribution is 6.01. The van der Waals surface area contributed by atoms with E-state index in [4.69, 9.17) is 0 Å². The van der Waals surface area contributed by atoms with Crippen LogP contribution >= 0.6 is 0 Å². The first kappa shape index (κ1) is 13.5. The van der Waals surface area contributed by atoms with Gasteiger partial charge in [0.2, 0.25) is 5.91 Å². The minimum Gasteiger partial charge on any atom is -0.338 e. The van der Waals surface area contributed by atoms with E-state index in [2.05, 4.69) is 24.8 Å². The summed E-state index contributed by atoms with van der Waals surface area (Å²) in [5, 5.41) is 3.32. The van der Waals surface area contributed by atoms with Gasteiger partial charge < -0.3 is 14.8 Å². The molecule has 120 valence electrons. The van der Waals surface area contributed by atoms with Crippen LogP contribution in [0.2, 0.25) is 0 Å². The third kappa shape index (κ3) is 1.97. The Bertz CT molecular complexity index is 974. The highest BCUT2D eigenvalue weighted by atomic mass is 16.2. The second-order valence-corrected chi connectivity index (χ2v) is 6.38. The van der Waals surface area contributed by atoms with E-state index in [1.807, 2.05) is 24.5 Å². The molecule has 0 bridgehead atoms. The molecule has 3 aromatic rings. The van der Waals surface area contributed by atoms with Gasteiger partial charge in [-0.05, 0) is 36.6 Å². The van der Waals surface area contributed by atoms with E-state index in [1.54, 1.807) is 18.3 Å². The zero-order valence-electron chi connectivity index (χ0n) is 13.2. The summed E-state index contributed by atoms with van der Waals surface area (Å²) in [6, 6.07) is 6.45. The Morgan fingerprint density at radius 3 is 2.92 bits per heavy atom. The van der Waals surface area contributed by atoms with E-state index in [0.717, 1.165) is 28.1 Å². The van der Waals surface area contributed by atoms with Gasteiger partial charge >= 0.3 is 0 Å². The van der Waals surface area contributed by atoms with Crippen molar-refractivity contribution in [1.82, 2.24) is 19.5 Å². The zero-order chi connectivity index (χ0) is 16.3. The SMILES string of the molecule is CN1C(=O)Cc2cc(Nc3ncnc4c3ncn4C3CC3)ccc21. The summed E-state index contributed by atoms with van der Waals surface area (Å²) < 4.78 is 2.12. The summed E-state index contributed by atoms with van der Waals surface area (Å²) >= 11 is 0. The Morgan fingerprint density at radius 1 is 1.21 bits per heavy atom. The van der Waals surface area contributed by atoms with Crippen LogP contribution < -0.4 is 10.2 Å². The minimum absolute atomic E-state index is 0.120. The number of rotatable bonds is 3. The molecule has 1 N–H and O–H groups in total. The molecule has 0 saturated heterocycles. The fourth-order valence-corrected chi connectivity index (χ4v) is 3.25. The normalized spacial score (nSPS) is 16.7. The number of fused-ring (bicyclic) bond motifs is 2. The van der Waals surface area contributed by atoms with Crippen molar-refractivity contribution in [2.24, 2.45) is 0 Å². The number of hydrogen-bond acceptors (Lipinski definition) is 5. The average molecular weight is 320 g/mol. The number of nitrogens with zero attached hydrogens (tertiary/aromatic N) is 5. The van der Waals surface area contributed by atoms with Crippen LogP contribution in [0.4, 0.5) is 17.2 Å². The maximum absolute atomic E-state index is 11.8. The van der Waals surface area contributed by atoms with Crippen LogP contribution in [-0.2, 0) is 11.2 Å². The number of amides is 1. The third-order valence-electron chi connectivity index (χ3n) is 4.72. The van der Waals surface area contributed by atoms with Gasteiger partial charge in [-0.15, -0.1) is 0 Å². The minimum atomic E-state index is 0.120. The second kappa shape index (κ2) is 4.77. The molecule has 0 atom stereocenters. The molecule has 2 aromatic heterocycles. The first-order chi connectivity index (χ1) is 11.7. The Labute approximate surface area is 138 Å². The Hall–Kier alpha value is -2.96. The van der Waals surface area contributed by atoms with Gasteiger partial charge in [-0.25, -0.2) is 15.0 Å². The molecule has 0 unspecified atom stereocenters. The van der Waals surface area contributed by atoms with E-state index in [-0.39, 0.29) is 5.91 Å². The quantitative estimate of drug-likeness (QED) is 0.802. The van der Waals surface area contributed by atoms with Gasteiger partial charge in [-0.1, -0.05) is 0 Å². The Balaban J connectivity index is 1.51. The first-order valence-corrected chi connectivity index (χ1v) is 8.05. The van der Waals surface area contributed by atoms with E-state index in [9.17, 15) is 4.79 Å². The van der Waals surface area contributed by atoms with Gasteiger partial charge in [0.15, 0.2) is 17.0 Å². The predicted molar refractivity (Wildman–Crippen MR) is 90.4 cm³/mol. The van der Waals surface area contributed by atoms with Crippen LogP contribution in [-0.4, -0.2) is 32.5 Å². The van der Waals surface area contributed by atoms with Crippen molar-refractivity contribution in [3.63, 3.8) is 0 Å². The Morgan fingerprint density at radius 2 is 2.08 bits per heavy atom. The van der Waals surface area contributed by atoms with Gasteiger partial charge in [0.25, 0.3) is 0 Å². The van der Waals surface area contributed by atoms with Crippen LogP contribution in [0.15, 0.2) is 30.9 Å². The summed E-state index contributed by atoms with van der Waals surface area (Å²) in [5.74, 6) is 0.812. The predicted octanol–water partition coefficient (Wildman–Crippen LogP) is 2.42. The van der Waals surface area contributed by atoms with Crippen molar-refractivity contribution >= 4 is 34.3 Å². The molecule has 2 aliphatic rings. The van der Waals surface area contributed by atoms with Crippen molar-refractivity contribution in [1.29, 1.82) is 0 Å². The highest BCUT2D eigenvalue weighted by Crippen LogP contribution is 2.37. The summed E-state index contributed by atoms with van der Waals surface area (Å²) in [4.78, 5) is 26.7. The van der Waals surface area contributed by atoms with Crippen LogP contribution in [0.3, 0.4) is 0 Å². The number of imidazole rings is 1. The number of likely N-dealkylation sites (N-methyl/N-ethyl adjacent to an activating group) is 1.